The van der Waals surface area contributed by atoms with E-state index >= 15 is 0 Å². The molecule has 2 aromatic carbocycles. The monoisotopic (exact) mass is 532 g/mol. The number of hydrogen-bond acceptors (Lipinski definition) is 5. The largest absolute Gasteiger partial charge is 0.494 e. The van der Waals surface area contributed by atoms with Crippen molar-refractivity contribution in [3.05, 3.63) is 64.9 Å². The van der Waals surface area contributed by atoms with E-state index in [4.69, 9.17) is 14.7 Å². The van der Waals surface area contributed by atoms with Crippen molar-refractivity contribution in [1.82, 2.24) is 9.97 Å². The van der Waals surface area contributed by atoms with Crippen molar-refractivity contribution in [2.75, 3.05) is 6.61 Å². The minimum atomic E-state index is 0.786. The summed E-state index contributed by atoms with van der Waals surface area (Å²) in [4.78, 5) is 9.84. The lowest BCUT2D eigenvalue weighted by Crippen LogP contribution is -1.96. The molecule has 2 aromatic heterocycles. The normalized spacial score (nSPS) is 11.2. The van der Waals surface area contributed by atoms with Gasteiger partial charge in [-0.05, 0) is 55.2 Å². The molecule has 4 rings (SSSR count). The Hall–Kier alpha value is -2.50. The summed E-state index contributed by atoms with van der Waals surface area (Å²) < 4.78 is 5.89. The molecule has 0 atom stereocenters. The Morgan fingerprint density at radius 3 is 1.97 bits per heavy atom. The van der Waals surface area contributed by atoms with Crippen molar-refractivity contribution in [2.45, 2.75) is 84.5 Å². The fraction of sp³-hybridized carbons (Fsp3) is 0.438. The summed E-state index contributed by atoms with van der Waals surface area (Å²) in [5, 5.41) is 6.25. The summed E-state index contributed by atoms with van der Waals surface area (Å²) in [5.74, 6) is 0.930. The summed E-state index contributed by atoms with van der Waals surface area (Å²) in [6, 6.07) is 17.2. The van der Waals surface area contributed by atoms with Crippen LogP contribution >= 0.6 is 22.7 Å². The predicted molar refractivity (Wildman–Crippen MR) is 161 cm³/mol. The molecule has 4 aromatic rings. The van der Waals surface area contributed by atoms with Gasteiger partial charge in [0.15, 0.2) is 10.0 Å². The molecule has 2 heterocycles. The van der Waals surface area contributed by atoms with Crippen molar-refractivity contribution >= 4 is 22.7 Å². The van der Waals surface area contributed by atoms with Crippen LogP contribution in [0.5, 0.6) is 5.75 Å². The smallest absolute Gasteiger partial charge is 0.152 e. The highest BCUT2D eigenvalue weighted by Gasteiger charge is 2.12. The molecule has 0 aliphatic rings. The van der Waals surface area contributed by atoms with Crippen LogP contribution in [-0.4, -0.2) is 16.6 Å². The Morgan fingerprint density at radius 1 is 0.649 bits per heavy atom. The third-order valence-corrected chi connectivity index (χ3v) is 8.48. The van der Waals surface area contributed by atoms with Gasteiger partial charge in [0, 0.05) is 21.9 Å². The maximum absolute atomic E-state index is 5.89. The molecule has 196 valence electrons. The zero-order valence-electron chi connectivity index (χ0n) is 22.4. The Labute approximate surface area is 231 Å². The van der Waals surface area contributed by atoms with Gasteiger partial charge in [-0.1, -0.05) is 83.4 Å². The Balaban J connectivity index is 1.33. The second-order valence-corrected chi connectivity index (χ2v) is 11.4. The maximum Gasteiger partial charge on any atom is 0.152 e. The van der Waals surface area contributed by atoms with Gasteiger partial charge in [-0.2, -0.15) is 0 Å². The van der Waals surface area contributed by atoms with Crippen LogP contribution in [0.25, 0.3) is 32.5 Å². The van der Waals surface area contributed by atoms with Crippen molar-refractivity contribution in [1.29, 1.82) is 0 Å². The highest BCUT2D eigenvalue weighted by molar-refractivity contribution is 7.20. The molecule has 0 aliphatic carbocycles. The minimum absolute atomic E-state index is 0.786. The third-order valence-electron chi connectivity index (χ3n) is 6.65. The van der Waals surface area contributed by atoms with Gasteiger partial charge in [0.1, 0.15) is 5.75 Å². The lowest BCUT2D eigenvalue weighted by Gasteiger charge is -2.06. The molecule has 0 spiro atoms. The standard InChI is InChI=1S/C32H40N2OS2/c1-3-5-7-9-10-11-14-25-15-13-16-27(22-25)30-24-37-32(34-30)31-33-29(23-36-31)26-17-19-28(20-18-26)35-21-12-8-6-4-2/h13,15-20,22-24H,3-12,14,21H2,1-2H3. The zero-order chi connectivity index (χ0) is 25.7. The molecule has 0 N–H and O–H groups in total. The van der Waals surface area contributed by atoms with Crippen molar-refractivity contribution < 1.29 is 4.74 Å². The first-order valence-electron chi connectivity index (χ1n) is 14.0. The summed E-state index contributed by atoms with van der Waals surface area (Å²) in [7, 11) is 0. The van der Waals surface area contributed by atoms with Crippen LogP contribution in [0.3, 0.4) is 0 Å². The van der Waals surface area contributed by atoms with Crippen molar-refractivity contribution in [3.8, 4) is 38.3 Å². The number of ether oxygens (including phenoxy) is 1. The molecule has 0 bridgehead atoms. The first-order valence-corrected chi connectivity index (χ1v) is 15.8. The fourth-order valence-corrected chi connectivity index (χ4v) is 6.15. The first-order chi connectivity index (χ1) is 18.3. The topological polar surface area (TPSA) is 35.0 Å². The number of nitrogens with zero attached hydrogens (tertiary/aromatic N) is 2. The molecule has 3 nitrogen and oxygen atoms in total. The number of hydrogen-bond donors (Lipinski definition) is 0. The highest BCUT2D eigenvalue weighted by atomic mass is 32.1. The zero-order valence-corrected chi connectivity index (χ0v) is 24.0. The fourth-order valence-electron chi connectivity index (χ4n) is 4.45. The van der Waals surface area contributed by atoms with Crippen LogP contribution in [-0.2, 0) is 6.42 Å². The van der Waals surface area contributed by atoms with E-state index in [1.807, 2.05) is 12.1 Å². The number of unbranched alkanes of at least 4 members (excludes halogenated alkanes) is 8. The Kier molecular flexibility index (Phi) is 11.2. The van der Waals surface area contributed by atoms with Crippen LogP contribution in [0.4, 0.5) is 0 Å². The van der Waals surface area contributed by atoms with Crippen molar-refractivity contribution in [3.63, 3.8) is 0 Å². The van der Waals surface area contributed by atoms with Crippen LogP contribution in [0.2, 0.25) is 0 Å². The summed E-state index contributed by atoms with van der Waals surface area (Å²) >= 11 is 3.33. The van der Waals surface area contributed by atoms with Gasteiger partial charge in [0.25, 0.3) is 0 Å². The summed E-state index contributed by atoms with van der Waals surface area (Å²) in [5.41, 5.74) is 5.76. The number of thiazole rings is 2. The molecular weight excluding hydrogens is 492 g/mol. The molecule has 0 amide bonds. The van der Waals surface area contributed by atoms with Gasteiger partial charge in [-0.15, -0.1) is 22.7 Å². The quantitative estimate of drug-likeness (QED) is 0.135. The van der Waals surface area contributed by atoms with Crippen LogP contribution in [0.1, 0.15) is 83.6 Å². The lowest BCUT2D eigenvalue weighted by molar-refractivity contribution is 0.305. The molecule has 0 saturated heterocycles. The Bertz CT molecular complexity index is 1200. The minimum Gasteiger partial charge on any atom is -0.494 e. The van der Waals surface area contributed by atoms with E-state index in [0.29, 0.717) is 0 Å². The molecular formula is C32H40N2OS2. The molecule has 0 aliphatic heterocycles. The molecule has 0 saturated carbocycles. The van der Waals surface area contributed by atoms with Crippen LogP contribution in [0, 0.1) is 0 Å². The number of rotatable bonds is 16. The number of aromatic nitrogens is 2. The van der Waals surface area contributed by atoms with Gasteiger partial charge in [0.2, 0.25) is 0 Å². The van der Waals surface area contributed by atoms with Gasteiger partial charge in [-0.25, -0.2) is 9.97 Å². The second-order valence-electron chi connectivity index (χ2n) is 9.73. The SMILES string of the molecule is CCCCCCCCc1cccc(-c2csc(-c3nc(-c4ccc(OCCCCCC)cc4)cs3)n2)c1. The second kappa shape index (κ2) is 15.0. The predicted octanol–water partition coefficient (Wildman–Crippen LogP) is 10.5. The molecule has 37 heavy (non-hydrogen) atoms. The first kappa shape index (κ1) is 27.5. The van der Waals surface area contributed by atoms with E-state index in [1.54, 1.807) is 22.7 Å². The van der Waals surface area contributed by atoms with E-state index in [9.17, 15) is 0 Å². The van der Waals surface area contributed by atoms with Gasteiger partial charge < -0.3 is 4.74 Å². The third kappa shape index (κ3) is 8.51. The average molecular weight is 533 g/mol. The maximum atomic E-state index is 5.89. The van der Waals surface area contributed by atoms with Crippen molar-refractivity contribution in [2.24, 2.45) is 0 Å². The highest BCUT2D eigenvalue weighted by Crippen LogP contribution is 2.34. The van der Waals surface area contributed by atoms with Gasteiger partial charge in [0.05, 0.1) is 18.0 Å². The summed E-state index contributed by atoms with van der Waals surface area (Å²) in [6.45, 7) is 5.29. The van der Waals surface area contributed by atoms with Gasteiger partial charge >= 0.3 is 0 Å². The molecule has 0 unspecified atom stereocenters. The van der Waals surface area contributed by atoms with E-state index in [2.05, 4.69) is 61.0 Å². The number of aryl methyl sites for hydroxylation is 1. The average Bonchev–Trinajstić information content (AvgIpc) is 3.62. The lowest BCUT2D eigenvalue weighted by atomic mass is 10.0. The van der Waals surface area contributed by atoms with E-state index < -0.39 is 0 Å². The number of benzene rings is 2. The molecule has 0 fully saturated rings. The Morgan fingerprint density at radius 2 is 1.27 bits per heavy atom. The van der Waals surface area contributed by atoms with Crippen LogP contribution < -0.4 is 4.74 Å². The van der Waals surface area contributed by atoms with E-state index in [1.165, 1.54) is 68.9 Å². The summed E-state index contributed by atoms with van der Waals surface area (Å²) in [6.07, 6.45) is 14.0. The van der Waals surface area contributed by atoms with E-state index in [0.717, 1.165) is 52.2 Å². The van der Waals surface area contributed by atoms with Crippen LogP contribution in [0.15, 0.2) is 59.3 Å². The molecule has 5 heteroatoms. The van der Waals surface area contributed by atoms with E-state index in [-0.39, 0.29) is 0 Å². The van der Waals surface area contributed by atoms with Gasteiger partial charge in [-0.3, -0.25) is 0 Å². The molecule has 0 radical (unpaired) electrons.